The summed E-state index contributed by atoms with van der Waals surface area (Å²) >= 11 is 0. The third-order valence-electron chi connectivity index (χ3n) is 2.54. The van der Waals surface area contributed by atoms with E-state index in [1.807, 2.05) is 6.92 Å². The summed E-state index contributed by atoms with van der Waals surface area (Å²) in [6, 6.07) is 3.46. The molecule has 0 unspecified atom stereocenters. The van der Waals surface area contributed by atoms with E-state index in [2.05, 4.69) is 25.9 Å². The molecule has 0 bridgehead atoms. The SMILES string of the molecule is CCNC(=NCCOC)NCCNC(=O)c1cccnc1.I. The molecule has 0 radical (unpaired) electrons. The summed E-state index contributed by atoms with van der Waals surface area (Å²) in [5.74, 6) is 0.580. The van der Waals surface area contributed by atoms with Crippen LogP contribution in [-0.4, -0.2) is 56.7 Å². The van der Waals surface area contributed by atoms with Gasteiger partial charge in [-0.15, -0.1) is 24.0 Å². The van der Waals surface area contributed by atoms with Gasteiger partial charge < -0.3 is 20.7 Å². The van der Waals surface area contributed by atoms with Gasteiger partial charge >= 0.3 is 0 Å². The Bertz CT molecular complexity index is 442. The summed E-state index contributed by atoms with van der Waals surface area (Å²) in [7, 11) is 1.64. The zero-order valence-electron chi connectivity index (χ0n) is 13.0. The average molecular weight is 421 g/mol. The number of guanidine groups is 1. The molecule has 7 nitrogen and oxygen atoms in total. The molecule has 1 amide bonds. The Morgan fingerprint density at radius 3 is 2.73 bits per heavy atom. The van der Waals surface area contributed by atoms with Crippen molar-refractivity contribution >= 4 is 35.8 Å². The van der Waals surface area contributed by atoms with Crippen LogP contribution < -0.4 is 16.0 Å². The van der Waals surface area contributed by atoms with Crippen molar-refractivity contribution in [3.05, 3.63) is 30.1 Å². The number of aliphatic imine (C=N–C) groups is 1. The number of rotatable bonds is 8. The second-order valence-electron chi connectivity index (χ2n) is 4.18. The number of ether oxygens (including phenoxy) is 1. The van der Waals surface area contributed by atoms with E-state index in [0.717, 1.165) is 6.54 Å². The minimum absolute atomic E-state index is 0. The molecule has 1 aromatic heterocycles. The molecule has 0 aliphatic carbocycles. The number of carbonyl (C=O) groups is 1. The highest BCUT2D eigenvalue weighted by atomic mass is 127. The molecule has 3 N–H and O–H groups in total. The van der Waals surface area contributed by atoms with Crippen LogP contribution in [-0.2, 0) is 4.74 Å². The Morgan fingerprint density at radius 2 is 2.09 bits per heavy atom. The lowest BCUT2D eigenvalue weighted by Gasteiger charge is -2.11. The van der Waals surface area contributed by atoms with Gasteiger partial charge in [0.1, 0.15) is 0 Å². The molecular formula is C14H24IN5O2. The number of pyridine rings is 1. The van der Waals surface area contributed by atoms with Crippen LogP contribution in [0.3, 0.4) is 0 Å². The largest absolute Gasteiger partial charge is 0.383 e. The summed E-state index contributed by atoms with van der Waals surface area (Å²) in [6.07, 6.45) is 3.18. The average Bonchev–Trinajstić information content (AvgIpc) is 2.52. The normalized spacial score (nSPS) is 10.5. The predicted octanol–water partition coefficient (Wildman–Crippen LogP) is 0.631. The van der Waals surface area contributed by atoms with Crippen LogP contribution in [0.25, 0.3) is 0 Å². The van der Waals surface area contributed by atoms with Crippen molar-refractivity contribution in [3.8, 4) is 0 Å². The molecular weight excluding hydrogens is 397 g/mol. The van der Waals surface area contributed by atoms with Gasteiger partial charge in [0, 0.05) is 39.1 Å². The lowest BCUT2D eigenvalue weighted by molar-refractivity contribution is 0.0954. The summed E-state index contributed by atoms with van der Waals surface area (Å²) in [4.78, 5) is 20.0. The first-order chi connectivity index (χ1) is 10.3. The van der Waals surface area contributed by atoms with Gasteiger partial charge in [0.05, 0.1) is 18.7 Å². The Morgan fingerprint density at radius 1 is 1.32 bits per heavy atom. The lowest BCUT2D eigenvalue weighted by atomic mass is 10.3. The Kier molecular flexibility index (Phi) is 12.4. The highest BCUT2D eigenvalue weighted by molar-refractivity contribution is 14.0. The molecule has 0 aliphatic rings. The van der Waals surface area contributed by atoms with Crippen molar-refractivity contribution in [1.29, 1.82) is 0 Å². The fourth-order valence-electron chi connectivity index (χ4n) is 1.55. The monoisotopic (exact) mass is 421 g/mol. The number of hydrogen-bond donors (Lipinski definition) is 3. The quantitative estimate of drug-likeness (QED) is 0.248. The van der Waals surface area contributed by atoms with Gasteiger partial charge in [-0.2, -0.15) is 0 Å². The second kappa shape index (κ2) is 13.3. The molecule has 22 heavy (non-hydrogen) atoms. The van der Waals surface area contributed by atoms with E-state index < -0.39 is 0 Å². The van der Waals surface area contributed by atoms with Crippen molar-refractivity contribution < 1.29 is 9.53 Å². The minimum atomic E-state index is -0.133. The van der Waals surface area contributed by atoms with Crippen LogP contribution >= 0.6 is 24.0 Å². The molecule has 0 saturated carbocycles. The number of nitrogens with one attached hydrogen (secondary N) is 3. The summed E-state index contributed by atoms with van der Waals surface area (Å²) in [6.45, 7) is 5.04. The van der Waals surface area contributed by atoms with E-state index in [1.54, 1.807) is 31.6 Å². The highest BCUT2D eigenvalue weighted by Crippen LogP contribution is 1.94. The topological polar surface area (TPSA) is 87.6 Å². The second-order valence-corrected chi connectivity index (χ2v) is 4.18. The Labute approximate surface area is 148 Å². The number of hydrogen-bond acceptors (Lipinski definition) is 4. The predicted molar refractivity (Wildman–Crippen MR) is 97.8 cm³/mol. The van der Waals surface area contributed by atoms with Gasteiger partial charge in [-0.1, -0.05) is 0 Å². The van der Waals surface area contributed by atoms with Crippen LogP contribution in [0.2, 0.25) is 0 Å². The van der Waals surface area contributed by atoms with Crippen LogP contribution in [0.4, 0.5) is 0 Å². The van der Waals surface area contributed by atoms with Crippen molar-refractivity contribution in [2.75, 3.05) is 39.9 Å². The molecule has 0 aliphatic heterocycles. The zero-order chi connectivity index (χ0) is 15.3. The van der Waals surface area contributed by atoms with Gasteiger partial charge in [-0.25, -0.2) is 0 Å². The summed E-state index contributed by atoms with van der Waals surface area (Å²) in [5.41, 5.74) is 0.554. The third-order valence-corrected chi connectivity index (χ3v) is 2.54. The van der Waals surface area contributed by atoms with Gasteiger partial charge in [0.2, 0.25) is 0 Å². The van der Waals surface area contributed by atoms with Crippen molar-refractivity contribution in [2.24, 2.45) is 4.99 Å². The molecule has 8 heteroatoms. The molecule has 1 aromatic rings. The summed E-state index contributed by atoms with van der Waals surface area (Å²) in [5, 5.41) is 9.08. The van der Waals surface area contributed by atoms with E-state index in [4.69, 9.17) is 4.74 Å². The van der Waals surface area contributed by atoms with E-state index in [9.17, 15) is 4.79 Å². The maximum absolute atomic E-state index is 11.8. The highest BCUT2D eigenvalue weighted by Gasteiger charge is 2.03. The van der Waals surface area contributed by atoms with E-state index in [-0.39, 0.29) is 29.9 Å². The molecule has 1 rings (SSSR count). The number of halogens is 1. The van der Waals surface area contributed by atoms with Crippen LogP contribution in [0, 0.1) is 0 Å². The third kappa shape index (κ3) is 8.78. The van der Waals surface area contributed by atoms with E-state index in [0.29, 0.717) is 37.8 Å². The number of amides is 1. The van der Waals surface area contributed by atoms with Gasteiger partial charge in [-0.3, -0.25) is 14.8 Å². The molecule has 0 aromatic carbocycles. The number of carbonyl (C=O) groups excluding carboxylic acids is 1. The van der Waals surface area contributed by atoms with E-state index in [1.165, 1.54) is 0 Å². The van der Waals surface area contributed by atoms with Crippen molar-refractivity contribution in [2.45, 2.75) is 6.92 Å². The number of methoxy groups -OCH3 is 1. The fourth-order valence-corrected chi connectivity index (χ4v) is 1.55. The van der Waals surface area contributed by atoms with Crippen LogP contribution in [0.5, 0.6) is 0 Å². The molecule has 0 spiro atoms. The van der Waals surface area contributed by atoms with Crippen molar-refractivity contribution in [3.63, 3.8) is 0 Å². The first-order valence-corrected chi connectivity index (χ1v) is 6.97. The molecule has 0 fully saturated rings. The van der Waals surface area contributed by atoms with Crippen molar-refractivity contribution in [1.82, 2.24) is 20.9 Å². The maximum Gasteiger partial charge on any atom is 0.252 e. The molecule has 0 saturated heterocycles. The zero-order valence-corrected chi connectivity index (χ0v) is 15.3. The smallest absolute Gasteiger partial charge is 0.252 e. The van der Waals surface area contributed by atoms with Crippen LogP contribution in [0.1, 0.15) is 17.3 Å². The standard InChI is InChI=1S/C14H23N5O2.HI/c1-3-16-14(19-9-10-21-2)18-8-7-17-13(20)12-5-4-6-15-11-12;/h4-6,11H,3,7-10H2,1-2H3,(H,17,20)(H2,16,18,19);1H. The van der Waals surface area contributed by atoms with E-state index >= 15 is 0 Å². The number of nitrogens with zero attached hydrogens (tertiary/aromatic N) is 2. The lowest BCUT2D eigenvalue weighted by Crippen LogP contribution is -2.41. The van der Waals surface area contributed by atoms with Crippen LogP contribution in [0.15, 0.2) is 29.5 Å². The summed E-state index contributed by atoms with van der Waals surface area (Å²) < 4.78 is 4.95. The first kappa shape index (κ1) is 20.6. The Hall–Kier alpha value is -1.42. The van der Waals surface area contributed by atoms with Gasteiger partial charge in [0.25, 0.3) is 5.91 Å². The number of aromatic nitrogens is 1. The molecule has 1 heterocycles. The molecule has 0 atom stereocenters. The first-order valence-electron chi connectivity index (χ1n) is 6.97. The van der Waals surface area contributed by atoms with Gasteiger partial charge in [0.15, 0.2) is 5.96 Å². The fraction of sp³-hybridized carbons (Fsp3) is 0.500. The molecule has 124 valence electrons. The Balaban J connectivity index is 0.00000441. The maximum atomic E-state index is 11.8. The van der Waals surface area contributed by atoms with Gasteiger partial charge in [-0.05, 0) is 19.1 Å². The minimum Gasteiger partial charge on any atom is -0.383 e.